The van der Waals surface area contributed by atoms with Crippen LogP contribution in [0.1, 0.15) is 38.8 Å². The molecule has 0 radical (unpaired) electrons. The molecule has 0 aliphatic carbocycles. The molecule has 0 bridgehead atoms. The summed E-state index contributed by atoms with van der Waals surface area (Å²) in [5.74, 6) is -0.262. The highest BCUT2D eigenvalue weighted by Gasteiger charge is 2.35. The predicted octanol–water partition coefficient (Wildman–Crippen LogP) is 6.56. The van der Waals surface area contributed by atoms with Gasteiger partial charge in [-0.25, -0.2) is 8.42 Å². The maximum atomic E-state index is 14.6. The Hall–Kier alpha value is -4.28. The summed E-state index contributed by atoms with van der Waals surface area (Å²) in [4.78, 5) is 31.0. The third-order valence-electron chi connectivity index (χ3n) is 7.33. The zero-order valence-corrected chi connectivity index (χ0v) is 29.2. The number of nitrogens with zero attached hydrogens (tertiary/aromatic N) is 2. The van der Waals surface area contributed by atoms with Gasteiger partial charge in [0.05, 0.1) is 17.2 Å². The van der Waals surface area contributed by atoms with E-state index >= 15 is 0 Å². The average Bonchev–Trinajstić information content (AvgIpc) is 3.06. The fraction of sp³-hybridized carbons (Fsp3) is 0.297. The minimum atomic E-state index is -4.20. The largest absolute Gasteiger partial charge is 0.494 e. The van der Waals surface area contributed by atoms with Gasteiger partial charge in [0, 0.05) is 23.4 Å². The molecule has 0 aliphatic heterocycles. The lowest BCUT2D eigenvalue weighted by Gasteiger charge is -2.35. The molecule has 0 saturated heterocycles. The quantitative estimate of drug-likeness (QED) is 0.153. The molecule has 0 aliphatic rings. The third kappa shape index (κ3) is 9.86. The Kier molecular flexibility index (Phi) is 12.1. The van der Waals surface area contributed by atoms with Crippen LogP contribution in [0, 0.1) is 0 Å². The van der Waals surface area contributed by atoms with E-state index in [2.05, 4.69) is 5.32 Å². The number of ether oxygens (including phenoxy) is 1. The van der Waals surface area contributed by atoms with Crippen LogP contribution >= 0.6 is 11.8 Å². The Morgan fingerprint density at radius 1 is 0.830 bits per heavy atom. The molecule has 4 rings (SSSR count). The van der Waals surface area contributed by atoms with E-state index in [1.165, 1.54) is 16.7 Å². The van der Waals surface area contributed by atoms with Gasteiger partial charge in [0.2, 0.25) is 11.8 Å². The number of benzene rings is 4. The number of hydrogen-bond acceptors (Lipinski definition) is 6. The van der Waals surface area contributed by atoms with E-state index in [1.54, 1.807) is 48.5 Å². The van der Waals surface area contributed by atoms with Gasteiger partial charge in [-0.1, -0.05) is 60.7 Å². The van der Waals surface area contributed by atoms with Crippen LogP contribution in [-0.2, 0) is 32.6 Å². The summed E-state index contributed by atoms with van der Waals surface area (Å²) >= 11 is 1.50. The summed E-state index contributed by atoms with van der Waals surface area (Å²) in [5, 5.41) is 3.05. The first-order chi connectivity index (χ1) is 22.4. The van der Waals surface area contributed by atoms with Crippen LogP contribution < -0.4 is 14.4 Å². The summed E-state index contributed by atoms with van der Waals surface area (Å²) in [7, 11) is -4.20. The summed E-state index contributed by atoms with van der Waals surface area (Å²) < 4.78 is 35.3. The van der Waals surface area contributed by atoms with Crippen LogP contribution in [0.4, 0.5) is 5.69 Å². The summed E-state index contributed by atoms with van der Waals surface area (Å²) in [5.41, 5.74) is 1.42. The monoisotopic (exact) mass is 673 g/mol. The topological polar surface area (TPSA) is 96.0 Å². The minimum absolute atomic E-state index is 0.0536. The van der Waals surface area contributed by atoms with Gasteiger partial charge < -0.3 is 15.0 Å². The molecule has 4 aromatic rings. The zero-order chi connectivity index (χ0) is 34.0. The van der Waals surface area contributed by atoms with Gasteiger partial charge in [0.15, 0.2) is 0 Å². The smallest absolute Gasteiger partial charge is 0.264 e. The van der Waals surface area contributed by atoms with Crippen molar-refractivity contribution in [1.29, 1.82) is 0 Å². The SMILES string of the molecule is CCOc1ccc(N(CC(=O)N(Cc2ccccc2)C(Cc2ccccc2)C(=O)NC(C)(C)C)S(=O)(=O)c2ccc(SC)cc2)cc1. The molecule has 1 unspecified atom stereocenters. The molecule has 4 aromatic carbocycles. The molecule has 0 spiro atoms. The lowest BCUT2D eigenvalue weighted by molar-refractivity contribution is -0.140. The normalized spacial score (nSPS) is 12.2. The van der Waals surface area contributed by atoms with Gasteiger partial charge in [0.25, 0.3) is 10.0 Å². The lowest BCUT2D eigenvalue weighted by atomic mass is 10.0. The van der Waals surface area contributed by atoms with Crippen molar-refractivity contribution in [2.75, 3.05) is 23.7 Å². The zero-order valence-electron chi connectivity index (χ0n) is 27.6. The minimum Gasteiger partial charge on any atom is -0.494 e. The number of nitrogens with one attached hydrogen (secondary N) is 1. The van der Waals surface area contributed by atoms with E-state index in [1.807, 2.05) is 94.6 Å². The van der Waals surface area contributed by atoms with Crippen molar-refractivity contribution in [3.05, 3.63) is 120 Å². The number of thioether (sulfide) groups is 1. The average molecular weight is 674 g/mol. The standard InChI is InChI=1S/C37H43N3O5S2/c1-6-45-31-19-17-30(18-20-31)40(47(43,44)33-23-21-32(46-5)22-24-33)27-35(41)39(26-29-15-11-8-12-16-29)34(36(42)38-37(2,3)4)25-28-13-9-7-10-14-28/h7-24,34H,6,25-27H2,1-5H3,(H,38,42). The highest BCUT2D eigenvalue weighted by atomic mass is 32.2. The van der Waals surface area contributed by atoms with E-state index in [-0.39, 0.29) is 23.8 Å². The third-order valence-corrected chi connectivity index (χ3v) is 9.86. The number of anilines is 1. The van der Waals surface area contributed by atoms with Gasteiger partial charge in [0.1, 0.15) is 18.3 Å². The molecule has 0 aromatic heterocycles. The Morgan fingerprint density at radius 2 is 1.40 bits per heavy atom. The Labute approximate surface area is 283 Å². The van der Waals surface area contributed by atoms with E-state index in [0.717, 1.165) is 20.3 Å². The van der Waals surface area contributed by atoms with Gasteiger partial charge in [-0.2, -0.15) is 0 Å². The Bertz CT molecular complexity index is 1710. The first-order valence-electron chi connectivity index (χ1n) is 15.5. The number of amides is 2. The maximum absolute atomic E-state index is 14.6. The number of sulfonamides is 1. The molecular formula is C37H43N3O5S2. The van der Waals surface area contributed by atoms with Crippen molar-refractivity contribution in [2.24, 2.45) is 0 Å². The fourth-order valence-electron chi connectivity index (χ4n) is 5.07. The van der Waals surface area contributed by atoms with Crippen molar-refractivity contribution in [1.82, 2.24) is 10.2 Å². The van der Waals surface area contributed by atoms with Crippen LogP contribution in [0.3, 0.4) is 0 Å². The van der Waals surface area contributed by atoms with Crippen molar-refractivity contribution in [2.45, 2.75) is 62.0 Å². The molecule has 0 saturated carbocycles. The molecule has 8 nitrogen and oxygen atoms in total. The van der Waals surface area contributed by atoms with E-state index < -0.39 is 34.1 Å². The second kappa shape index (κ2) is 16.0. The highest BCUT2D eigenvalue weighted by molar-refractivity contribution is 7.98. The van der Waals surface area contributed by atoms with E-state index in [9.17, 15) is 18.0 Å². The van der Waals surface area contributed by atoms with Crippen molar-refractivity contribution in [3.8, 4) is 5.75 Å². The van der Waals surface area contributed by atoms with Crippen molar-refractivity contribution >= 4 is 39.3 Å². The Morgan fingerprint density at radius 3 is 1.94 bits per heavy atom. The van der Waals surface area contributed by atoms with Gasteiger partial charge in [-0.3, -0.25) is 13.9 Å². The molecule has 2 amide bonds. The first-order valence-corrected chi connectivity index (χ1v) is 18.2. The van der Waals surface area contributed by atoms with Crippen LogP contribution in [0.2, 0.25) is 0 Å². The second-order valence-electron chi connectivity index (χ2n) is 12.1. The number of carbonyl (C=O) groups excluding carboxylic acids is 2. The van der Waals surface area contributed by atoms with Gasteiger partial charge in [-0.15, -0.1) is 11.8 Å². The molecule has 10 heteroatoms. The summed E-state index contributed by atoms with van der Waals surface area (Å²) in [6, 6.07) is 31.2. The molecular weight excluding hydrogens is 631 g/mol. The summed E-state index contributed by atoms with van der Waals surface area (Å²) in [6.07, 6.45) is 2.16. The van der Waals surface area contributed by atoms with Gasteiger partial charge in [-0.05, 0) is 93.6 Å². The highest BCUT2D eigenvalue weighted by Crippen LogP contribution is 2.28. The van der Waals surface area contributed by atoms with E-state index in [4.69, 9.17) is 4.74 Å². The van der Waals surface area contributed by atoms with Crippen LogP contribution in [0.25, 0.3) is 0 Å². The number of hydrogen-bond donors (Lipinski definition) is 1. The fourth-order valence-corrected chi connectivity index (χ4v) is 6.89. The predicted molar refractivity (Wildman–Crippen MR) is 189 cm³/mol. The second-order valence-corrected chi connectivity index (χ2v) is 14.8. The lowest BCUT2D eigenvalue weighted by Crippen LogP contribution is -2.56. The first kappa shape index (κ1) is 35.6. The Balaban J connectivity index is 1.80. The molecule has 1 N–H and O–H groups in total. The summed E-state index contributed by atoms with van der Waals surface area (Å²) in [6.45, 7) is 7.55. The molecule has 47 heavy (non-hydrogen) atoms. The number of carbonyl (C=O) groups is 2. The van der Waals surface area contributed by atoms with Gasteiger partial charge >= 0.3 is 0 Å². The van der Waals surface area contributed by atoms with Crippen LogP contribution in [0.5, 0.6) is 5.75 Å². The van der Waals surface area contributed by atoms with Crippen LogP contribution in [0.15, 0.2) is 119 Å². The molecule has 1 atom stereocenters. The van der Waals surface area contributed by atoms with E-state index in [0.29, 0.717) is 18.0 Å². The van der Waals surface area contributed by atoms with Crippen LogP contribution in [-0.4, -0.2) is 56.1 Å². The number of rotatable bonds is 14. The molecule has 0 fully saturated rings. The van der Waals surface area contributed by atoms with Crippen molar-refractivity contribution < 1.29 is 22.7 Å². The molecule has 0 heterocycles. The van der Waals surface area contributed by atoms with Crippen molar-refractivity contribution in [3.63, 3.8) is 0 Å². The molecule has 248 valence electrons. The maximum Gasteiger partial charge on any atom is 0.264 e.